The molecule has 0 spiro atoms. The molecule has 0 atom stereocenters. The number of nitrogens with one attached hydrogen (secondary N) is 2. The van der Waals surface area contributed by atoms with Gasteiger partial charge in [0.15, 0.2) is 0 Å². The number of hydrogen-bond acceptors (Lipinski definition) is 7. The number of carbonyl (C=O) groups is 1. The van der Waals surface area contributed by atoms with E-state index < -0.39 is 17.2 Å². The first kappa shape index (κ1) is 27.7. The lowest BCUT2D eigenvalue weighted by molar-refractivity contribution is -0.138. The highest BCUT2D eigenvalue weighted by molar-refractivity contribution is 6.06. The van der Waals surface area contributed by atoms with Crippen LogP contribution >= 0.6 is 0 Å². The van der Waals surface area contributed by atoms with Gasteiger partial charge < -0.3 is 25.2 Å². The van der Waals surface area contributed by atoms with Crippen molar-refractivity contribution in [2.24, 2.45) is 0 Å². The Morgan fingerprint density at radius 1 is 1.10 bits per heavy atom. The van der Waals surface area contributed by atoms with E-state index in [0.29, 0.717) is 17.1 Å². The molecule has 0 bridgehead atoms. The van der Waals surface area contributed by atoms with Crippen LogP contribution in [0.5, 0.6) is 5.75 Å². The van der Waals surface area contributed by atoms with E-state index in [9.17, 15) is 18.0 Å². The summed E-state index contributed by atoms with van der Waals surface area (Å²) in [6, 6.07) is 11.1. The zero-order valence-electron chi connectivity index (χ0n) is 23.0. The molecular weight excluding hydrogens is 521 g/mol. The molecule has 1 saturated heterocycles. The second-order valence-corrected chi connectivity index (χ2v) is 10.8. The van der Waals surface area contributed by atoms with E-state index in [1.165, 1.54) is 0 Å². The van der Waals surface area contributed by atoms with Gasteiger partial charge in [0.05, 0.1) is 29.5 Å². The number of likely N-dealkylation sites (N-methyl/N-ethyl adjacent to an activating group) is 1. The standard InChI is InChI=1S/C29H33F3N6O2/c1-28(2)25-18(6-5-7-23(25)34-26(28)39)8-10-21-20(29(30,31)32)17-33-27(35-21)36-22-11-9-19(16-24(22)40-4)38-14-12-37(3)13-15-38/h5-7,9,11,16-17H,8,10,12-15H2,1-4H3,(H,34,39)(H,33,35,36). The number of carbonyl (C=O) groups excluding carboxylic acids is 1. The molecular formula is C29H33F3N6O2. The molecule has 0 radical (unpaired) electrons. The number of anilines is 4. The fraction of sp³-hybridized carbons (Fsp3) is 0.414. The average Bonchev–Trinajstić information content (AvgIpc) is 3.15. The number of hydrogen-bond donors (Lipinski definition) is 2. The number of piperazine rings is 1. The molecule has 1 fully saturated rings. The van der Waals surface area contributed by atoms with Crippen molar-refractivity contribution in [3.63, 3.8) is 0 Å². The summed E-state index contributed by atoms with van der Waals surface area (Å²) in [7, 11) is 3.64. The number of ether oxygens (including phenoxy) is 1. The molecule has 40 heavy (non-hydrogen) atoms. The zero-order valence-corrected chi connectivity index (χ0v) is 23.0. The van der Waals surface area contributed by atoms with Crippen LogP contribution in [0, 0.1) is 0 Å². The van der Waals surface area contributed by atoms with Crippen LogP contribution in [0.25, 0.3) is 0 Å². The minimum Gasteiger partial charge on any atom is -0.494 e. The minimum atomic E-state index is -4.61. The number of benzene rings is 2. The second-order valence-electron chi connectivity index (χ2n) is 10.8. The maximum atomic E-state index is 13.9. The number of aryl methyl sites for hydroxylation is 2. The molecule has 0 saturated carbocycles. The first-order chi connectivity index (χ1) is 19.0. The Labute approximate surface area is 231 Å². The summed E-state index contributed by atoms with van der Waals surface area (Å²) < 4.78 is 47.3. The first-order valence-electron chi connectivity index (χ1n) is 13.2. The molecule has 3 aromatic rings. The highest BCUT2D eigenvalue weighted by atomic mass is 19.4. The van der Waals surface area contributed by atoms with Crippen molar-refractivity contribution in [1.82, 2.24) is 14.9 Å². The van der Waals surface area contributed by atoms with Crippen LogP contribution in [0.15, 0.2) is 42.6 Å². The molecule has 2 aromatic carbocycles. The predicted octanol–water partition coefficient (Wildman–Crippen LogP) is 5.01. The summed E-state index contributed by atoms with van der Waals surface area (Å²) in [5.74, 6) is 0.455. The smallest absolute Gasteiger partial charge is 0.419 e. The molecule has 3 heterocycles. The number of alkyl halides is 3. The van der Waals surface area contributed by atoms with Crippen molar-refractivity contribution in [2.45, 2.75) is 38.3 Å². The van der Waals surface area contributed by atoms with E-state index in [1.54, 1.807) is 13.2 Å². The van der Waals surface area contributed by atoms with Gasteiger partial charge in [0.25, 0.3) is 0 Å². The Morgan fingerprint density at radius 2 is 1.85 bits per heavy atom. The molecule has 0 unspecified atom stereocenters. The van der Waals surface area contributed by atoms with Crippen LogP contribution in [0.2, 0.25) is 0 Å². The molecule has 1 aromatic heterocycles. The minimum absolute atomic E-state index is 0.0201. The number of aromatic nitrogens is 2. The summed E-state index contributed by atoms with van der Waals surface area (Å²) in [5, 5.41) is 5.91. The van der Waals surface area contributed by atoms with Gasteiger partial charge in [-0.05, 0) is 63.1 Å². The third kappa shape index (κ3) is 5.42. The van der Waals surface area contributed by atoms with Crippen LogP contribution in [-0.2, 0) is 29.2 Å². The summed E-state index contributed by atoms with van der Waals surface area (Å²) in [6.45, 7) is 7.33. The lowest BCUT2D eigenvalue weighted by atomic mass is 9.82. The molecule has 2 aliphatic rings. The quantitative estimate of drug-likeness (QED) is 0.425. The van der Waals surface area contributed by atoms with E-state index >= 15 is 0 Å². The summed E-state index contributed by atoms with van der Waals surface area (Å²) in [6.07, 6.45) is -3.48. The fourth-order valence-corrected chi connectivity index (χ4v) is 5.37. The third-order valence-corrected chi connectivity index (χ3v) is 7.70. The number of fused-ring (bicyclic) bond motifs is 1. The topological polar surface area (TPSA) is 82.6 Å². The highest BCUT2D eigenvalue weighted by Gasteiger charge is 2.40. The number of methoxy groups -OCH3 is 1. The van der Waals surface area contributed by atoms with Gasteiger partial charge in [0.2, 0.25) is 11.9 Å². The largest absolute Gasteiger partial charge is 0.494 e. The van der Waals surface area contributed by atoms with Crippen LogP contribution in [0.1, 0.15) is 36.2 Å². The Bertz CT molecular complexity index is 1420. The SMILES string of the molecule is COc1cc(N2CCN(C)CC2)ccc1Nc1ncc(C(F)(F)F)c(CCc2cccc3c2C(C)(C)C(=O)N3)n1. The van der Waals surface area contributed by atoms with Gasteiger partial charge in [0.1, 0.15) is 5.75 Å². The molecule has 11 heteroatoms. The Kier molecular flexibility index (Phi) is 7.34. The van der Waals surface area contributed by atoms with E-state index in [2.05, 4.69) is 37.4 Å². The highest BCUT2D eigenvalue weighted by Crippen LogP contribution is 2.40. The molecule has 8 nitrogen and oxygen atoms in total. The lowest BCUT2D eigenvalue weighted by Gasteiger charge is -2.34. The number of rotatable bonds is 7. The van der Waals surface area contributed by atoms with Gasteiger partial charge in [-0.1, -0.05) is 12.1 Å². The van der Waals surface area contributed by atoms with E-state index in [0.717, 1.165) is 49.2 Å². The third-order valence-electron chi connectivity index (χ3n) is 7.70. The Hall–Kier alpha value is -3.86. The van der Waals surface area contributed by atoms with Gasteiger partial charge in [-0.2, -0.15) is 13.2 Å². The van der Waals surface area contributed by atoms with Gasteiger partial charge in [-0.3, -0.25) is 4.79 Å². The van der Waals surface area contributed by atoms with E-state index in [4.69, 9.17) is 4.74 Å². The van der Waals surface area contributed by atoms with Gasteiger partial charge in [-0.25, -0.2) is 9.97 Å². The van der Waals surface area contributed by atoms with E-state index in [-0.39, 0.29) is 30.4 Å². The summed E-state index contributed by atoms with van der Waals surface area (Å²) in [4.78, 5) is 25.3. The number of amides is 1. The molecule has 2 aliphatic heterocycles. The molecule has 5 rings (SSSR count). The van der Waals surface area contributed by atoms with Crippen molar-refractivity contribution < 1.29 is 22.7 Å². The van der Waals surface area contributed by atoms with Crippen LogP contribution in [0.4, 0.5) is 36.2 Å². The monoisotopic (exact) mass is 554 g/mol. The van der Waals surface area contributed by atoms with E-state index in [1.807, 2.05) is 44.2 Å². The van der Waals surface area contributed by atoms with Gasteiger partial charge >= 0.3 is 6.18 Å². The van der Waals surface area contributed by atoms with Crippen LogP contribution in [-0.4, -0.2) is 61.1 Å². The molecule has 212 valence electrons. The predicted molar refractivity (Wildman–Crippen MR) is 149 cm³/mol. The van der Waals surface area contributed by atoms with Gasteiger partial charge in [-0.15, -0.1) is 0 Å². The Balaban J connectivity index is 1.40. The van der Waals surface area contributed by atoms with Crippen molar-refractivity contribution >= 4 is 28.9 Å². The van der Waals surface area contributed by atoms with Crippen molar-refractivity contribution in [3.8, 4) is 5.75 Å². The second kappa shape index (κ2) is 10.6. The van der Waals surface area contributed by atoms with Crippen LogP contribution in [0.3, 0.4) is 0 Å². The first-order valence-corrected chi connectivity index (χ1v) is 13.2. The maximum Gasteiger partial charge on any atom is 0.419 e. The fourth-order valence-electron chi connectivity index (χ4n) is 5.37. The summed E-state index contributed by atoms with van der Waals surface area (Å²) >= 11 is 0. The zero-order chi connectivity index (χ0) is 28.7. The van der Waals surface area contributed by atoms with Crippen molar-refractivity contribution in [3.05, 3.63) is 65.0 Å². The van der Waals surface area contributed by atoms with Crippen LogP contribution < -0.4 is 20.3 Å². The lowest BCUT2D eigenvalue weighted by Crippen LogP contribution is -2.44. The number of nitrogens with zero attached hydrogens (tertiary/aromatic N) is 4. The summed E-state index contributed by atoms with van der Waals surface area (Å²) in [5.41, 5.74) is 2.11. The van der Waals surface area contributed by atoms with Crippen molar-refractivity contribution in [2.75, 3.05) is 55.9 Å². The molecule has 2 N–H and O–H groups in total. The van der Waals surface area contributed by atoms with Crippen molar-refractivity contribution in [1.29, 1.82) is 0 Å². The average molecular weight is 555 g/mol. The number of halogens is 3. The normalized spacial score (nSPS) is 17.0. The van der Waals surface area contributed by atoms with Gasteiger partial charge in [0, 0.05) is 49.8 Å². The molecule has 1 amide bonds. The molecule has 0 aliphatic carbocycles. The maximum absolute atomic E-state index is 13.9. The Morgan fingerprint density at radius 3 is 2.55 bits per heavy atom.